The Morgan fingerprint density at radius 3 is 2.50 bits per heavy atom. The smallest absolute Gasteiger partial charge is 0.305 e. The van der Waals surface area contributed by atoms with E-state index in [9.17, 15) is 14.3 Å². The third-order valence-electron chi connectivity index (χ3n) is 4.39. The molecule has 7 nitrogen and oxygen atoms in total. The highest BCUT2D eigenvalue weighted by atomic mass is 19.1. The largest absolute Gasteiger partial charge is 0.491 e. The van der Waals surface area contributed by atoms with Crippen molar-refractivity contribution in [3.63, 3.8) is 0 Å². The zero-order valence-electron chi connectivity index (χ0n) is 17.2. The lowest BCUT2D eigenvalue weighted by atomic mass is 10.1. The minimum Gasteiger partial charge on any atom is -0.491 e. The number of esters is 1. The van der Waals surface area contributed by atoms with Gasteiger partial charge in [0.2, 0.25) is 5.90 Å². The lowest BCUT2D eigenvalue weighted by Gasteiger charge is -2.10. The summed E-state index contributed by atoms with van der Waals surface area (Å²) in [5.41, 5.74) is 2.50. The summed E-state index contributed by atoms with van der Waals surface area (Å²) in [6, 6.07) is 9.42. The van der Waals surface area contributed by atoms with Gasteiger partial charge in [0.25, 0.3) is 0 Å². The van der Waals surface area contributed by atoms with Gasteiger partial charge >= 0.3 is 5.97 Å². The van der Waals surface area contributed by atoms with Gasteiger partial charge in [-0.1, -0.05) is 6.07 Å². The van der Waals surface area contributed by atoms with Crippen LogP contribution in [0.2, 0.25) is 0 Å². The first-order valence-corrected chi connectivity index (χ1v) is 9.31. The molecule has 0 aliphatic rings. The Bertz CT molecular complexity index is 943. The van der Waals surface area contributed by atoms with Gasteiger partial charge in [-0.2, -0.15) is 4.99 Å². The number of hydrogen-bond donors (Lipinski definition) is 2. The number of nitrogens with one attached hydrogen (secondary N) is 1. The average Bonchev–Trinajstić information content (AvgIpc) is 2.75. The first kappa shape index (κ1) is 23.0. The third-order valence-corrected chi connectivity index (χ3v) is 4.39. The summed E-state index contributed by atoms with van der Waals surface area (Å²) in [5, 5.41) is 17.6. The number of methoxy groups -OCH3 is 2. The van der Waals surface area contributed by atoms with Crippen LogP contribution in [0.25, 0.3) is 0 Å². The molecule has 0 atom stereocenters. The number of carbonyl (C=O) groups excluding carboxylic acids is 1. The lowest BCUT2D eigenvalue weighted by molar-refractivity contribution is -0.140. The van der Waals surface area contributed by atoms with Crippen molar-refractivity contribution in [1.29, 1.82) is 5.41 Å². The van der Waals surface area contributed by atoms with Crippen molar-refractivity contribution in [3.05, 3.63) is 64.5 Å². The van der Waals surface area contributed by atoms with E-state index in [0.717, 1.165) is 17.2 Å². The van der Waals surface area contributed by atoms with Gasteiger partial charge in [0, 0.05) is 17.5 Å². The predicted octanol–water partition coefficient (Wildman–Crippen LogP) is 3.38. The summed E-state index contributed by atoms with van der Waals surface area (Å²) in [6.07, 6.45) is 0.587. The Balaban J connectivity index is 2.11. The Labute approximate surface area is 174 Å². The number of aryl methyl sites for hydroxylation is 1. The van der Waals surface area contributed by atoms with Gasteiger partial charge in [-0.05, 0) is 54.8 Å². The van der Waals surface area contributed by atoms with E-state index < -0.39 is 5.82 Å². The van der Waals surface area contributed by atoms with Crippen LogP contribution < -0.4 is 4.74 Å². The fourth-order valence-electron chi connectivity index (χ4n) is 2.63. The number of rotatable bonds is 8. The number of aliphatic hydroxyl groups excluding tert-OH is 1. The Hall–Kier alpha value is -3.26. The number of aliphatic imine (C=N–C) groups is 1. The molecule has 0 saturated heterocycles. The summed E-state index contributed by atoms with van der Waals surface area (Å²) in [7, 11) is 2.73. The minimum absolute atomic E-state index is 0.0264. The number of aliphatic hydroxyl groups is 1. The molecule has 0 amide bonds. The number of benzene rings is 2. The molecular weight excluding hydrogens is 391 g/mol. The summed E-state index contributed by atoms with van der Waals surface area (Å²) >= 11 is 0. The number of hydrogen-bond acceptors (Lipinski definition) is 6. The van der Waals surface area contributed by atoms with Crippen molar-refractivity contribution >= 4 is 17.7 Å². The maximum absolute atomic E-state index is 14.3. The molecular formula is C22H25FN2O5. The molecule has 0 spiro atoms. The SMILES string of the molecule is COC(=O)CCCOc1ccc(C(=N)N=C(OC)c2ccc(C)c(CO)c2)cc1F. The van der Waals surface area contributed by atoms with Crippen LogP contribution in [0.5, 0.6) is 5.75 Å². The van der Waals surface area contributed by atoms with Crippen LogP contribution in [0, 0.1) is 18.2 Å². The predicted molar refractivity (Wildman–Crippen MR) is 111 cm³/mol. The van der Waals surface area contributed by atoms with Crippen LogP contribution in [0.15, 0.2) is 41.4 Å². The van der Waals surface area contributed by atoms with Crippen LogP contribution in [0.4, 0.5) is 4.39 Å². The van der Waals surface area contributed by atoms with Gasteiger partial charge < -0.3 is 19.3 Å². The molecule has 2 N–H and O–H groups in total. The average molecular weight is 416 g/mol. The lowest BCUT2D eigenvalue weighted by Crippen LogP contribution is -2.09. The van der Waals surface area contributed by atoms with Crippen molar-refractivity contribution in [2.75, 3.05) is 20.8 Å². The van der Waals surface area contributed by atoms with E-state index in [1.165, 1.54) is 26.4 Å². The first-order valence-electron chi connectivity index (χ1n) is 9.31. The number of carbonyl (C=O) groups is 1. The van der Waals surface area contributed by atoms with Crippen LogP contribution in [0.1, 0.15) is 35.1 Å². The first-order chi connectivity index (χ1) is 14.4. The van der Waals surface area contributed by atoms with E-state index in [4.69, 9.17) is 14.9 Å². The minimum atomic E-state index is -0.637. The molecule has 0 bridgehead atoms. The van der Waals surface area contributed by atoms with Gasteiger partial charge in [0.15, 0.2) is 17.4 Å². The molecule has 2 aromatic carbocycles. The Morgan fingerprint density at radius 1 is 1.13 bits per heavy atom. The standard InChI is InChI=1S/C22H25FN2O5/c1-14-6-7-16(11-17(14)13-26)22(29-3)25-21(24)15-8-9-19(18(23)12-15)30-10-4-5-20(27)28-2/h6-9,11-12,24,26H,4-5,10,13H2,1-3H3. The van der Waals surface area contributed by atoms with Crippen molar-refractivity contribution in [3.8, 4) is 5.75 Å². The molecule has 0 aliphatic carbocycles. The fourth-order valence-corrected chi connectivity index (χ4v) is 2.63. The molecule has 2 aromatic rings. The third kappa shape index (κ3) is 6.12. The Kier molecular flexibility index (Phi) is 8.49. The summed E-state index contributed by atoms with van der Waals surface area (Å²) in [6.45, 7) is 1.92. The summed E-state index contributed by atoms with van der Waals surface area (Å²) in [5.74, 6) is -0.970. The number of nitrogens with zero attached hydrogens (tertiary/aromatic N) is 1. The highest BCUT2D eigenvalue weighted by Crippen LogP contribution is 2.20. The molecule has 0 fully saturated rings. The second kappa shape index (κ2) is 11.1. The molecule has 2 rings (SSSR count). The van der Waals surface area contributed by atoms with E-state index in [1.54, 1.807) is 12.1 Å². The number of amidine groups is 1. The van der Waals surface area contributed by atoms with E-state index >= 15 is 0 Å². The van der Waals surface area contributed by atoms with Crippen LogP contribution in [-0.4, -0.2) is 43.6 Å². The molecule has 8 heteroatoms. The van der Waals surface area contributed by atoms with E-state index in [-0.39, 0.29) is 48.7 Å². The van der Waals surface area contributed by atoms with E-state index in [1.807, 2.05) is 13.0 Å². The molecule has 160 valence electrons. The number of ether oxygens (including phenoxy) is 3. The van der Waals surface area contributed by atoms with Gasteiger partial charge in [0.05, 0.1) is 27.4 Å². The molecule has 0 radical (unpaired) electrons. The van der Waals surface area contributed by atoms with E-state index in [0.29, 0.717) is 12.0 Å². The zero-order valence-corrected chi connectivity index (χ0v) is 17.2. The van der Waals surface area contributed by atoms with Gasteiger partial charge in [-0.3, -0.25) is 10.2 Å². The molecule has 0 heterocycles. The van der Waals surface area contributed by atoms with Crippen molar-refractivity contribution in [2.24, 2.45) is 4.99 Å². The molecule has 0 unspecified atom stereocenters. The highest BCUT2D eigenvalue weighted by Gasteiger charge is 2.12. The summed E-state index contributed by atoms with van der Waals surface area (Å²) < 4.78 is 29.5. The maximum atomic E-state index is 14.3. The molecule has 0 saturated carbocycles. The van der Waals surface area contributed by atoms with Gasteiger partial charge in [-0.25, -0.2) is 4.39 Å². The van der Waals surface area contributed by atoms with Crippen molar-refractivity contribution < 1.29 is 28.5 Å². The molecule has 0 aromatic heterocycles. The normalized spacial score (nSPS) is 11.2. The quantitative estimate of drug-likeness (QED) is 0.297. The van der Waals surface area contributed by atoms with Crippen LogP contribution in [0.3, 0.4) is 0 Å². The zero-order chi connectivity index (χ0) is 22.1. The second-order valence-corrected chi connectivity index (χ2v) is 6.44. The topological polar surface area (TPSA) is 101 Å². The van der Waals surface area contributed by atoms with Crippen LogP contribution >= 0.6 is 0 Å². The number of halogens is 1. The second-order valence-electron chi connectivity index (χ2n) is 6.44. The van der Waals surface area contributed by atoms with Crippen LogP contribution in [-0.2, 0) is 20.9 Å². The molecule has 0 aliphatic heterocycles. The van der Waals surface area contributed by atoms with Crippen molar-refractivity contribution in [2.45, 2.75) is 26.4 Å². The molecule has 30 heavy (non-hydrogen) atoms. The Morgan fingerprint density at radius 2 is 1.87 bits per heavy atom. The highest BCUT2D eigenvalue weighted by molar-refractivity contribution is 6.08. The maximum Gasteiger partial charge on any atom is 0.305 e. The van der Waals surface area contributed by atoms with Crippen molar-refractivity contribution in [1.82, 2.24) is 0 Å². The van der Waals surface area contributed by atoms with E-state index in [2.05, 4.69) is 9.73 Å². The van der Waals surface area contributed by atoms with Gasteiger partial charge in [0.1, 0.15) is 0 Å². The fraction of sp³-hybridized carbons (Fsp3) is 0.318. The monoisotopic (exact) mass is 416 g/mol. The van der Waals surface area contributed by atoms with Gasteiger partial charge in [-0.15, -0.1) is 0 Å². The summed E-state index contributed by atoms with van der Waals surface area (Å²) in [4.78, 5) is 15.2.